The summed E-state index contributed by atoms with van der Waals surface area (Å²) in [6, 6.07) is 0.734. The van der Waals surface area contributed by atoms with Gasteiger partial charge in [-0.15, -0.1) is 0 Å². The number of halogens is 3. The first-order valence-corrected chi connectivity index (χ1v) is 5.52. The minimum Gasteiger partial charge on any atom is -0.281 e. The maximum atomic E-state index is 12.1. The van der Waals surface area contributed by atoms with Crippen LogP contribution < -0.4 is 9.44 Å². The van der Waals surface area contributed by atoms with Crippen molar-refractivity contribution in [1.29, 1.82) is 0 Å². The molecular formula is C6H9F3N4O2S. The molecule has 0 bridgehead atoms. The van der Waals surface area contributed by atoms with E-state index in [1.165, 1.54) is 7.05 Å². The summed E-state index contributed by atoms with van der Waals surface area (Å²) in [6.45, 7) is -0.299. The molecule has 0 aliphatic carbocycles. The van der Waals surface area contributed by atoms with Crippen molar-refractivity contribution in [2.45, 2.75) is 12.7 Å². The molecule has 0 radical (unpaired) electrons. The molecule has 92 valence electrons. The fraction of sp³-hybridized carbons (Fsp3) is 0.500. The number of rotatable bonds is 4. The number of H-pyrrole nitrogens is 1. The summed E-state index contributed by atoms with van der Waals surface area (Å²) < 4.78 is 62.1. The third-order valence-electron chi connectivity index (χ3n) is 1.64. The summed E-state index contributed by atoms with van der Waals surface area (Å²) in [5, 5.41) is 5.09. The van der Waals surface area contributed by atoms with Crippen molar-refractivity contribution in [3.8, 4) is 0 Å². The second-order valence-electron chi connectivity index (χ2n) is 2.80. The highest BCUT2D eigenvalue weighted by Crippen LogP contribution is 2.27. The Morgan fingerprint density at radius 1 is 1.50 bits per heavy atom. The van der Waals surface area contributed by atoms with Crippen LogP contribution in [0.1, 0.15) is 11.4 Å². The van der Waals surface area contributed by atoms with E-state index in [1.807, 2.05) is 9.44 Å². The summed E-state index contributed by atoms with van der Waals surface area (Å²) in [5.41, 5.74) is -1.07. The highest BCUT2D eigenvalue weighted by atomic mass is 32.2. The third kappa shape index (κ3) is 3.47. The maximum Gasteiger partial charge on any atom is 0.435 e. The minimum absolute atomic E-state index is 0.0196. The van der Waals surface area contributed by atoms with Crippen molar-refractivity contribution < 1.29 is 21.6 Å². The van der Waals surface area contributed by atoms with Gasteiger partial charge in [-0.05, 0) is 6.07 Å². The second-order valence-corrected chi connectivity index (χ2v) is 4.51. The topological polar surface area (TPSA) is 86.9 Å². The van der Waals surface area contributed by atoms with Crippen molar-refractivity contribution in [1.82, 2.24) is 19.6 Å². The lowest BCUT2D eigenvalue weighted by atomic mass is 10.3. The average Bonchev–Trinajstić information content (AvgIpc) is 2.63. The Morgan fingerprint density at radius 3 is 2.56 bits per heavy atom. The molecule has 0 atom stereocenters. The molecule has 0 fully saturated rings. The van der Waals surface area contributed by atoms with Gasteiger partial charge in [0.2, 0.25) is 0 Å². The van der Waals surface area contributed by atoms with Gasteiger partial charge in [0.05, 0.1) is 12.2 Å². The van der Waals surface area contributed by atoms with E-state index < -0.39 is 22.1 Å². The van der Waals surface area contributed by atoms with E-state index in [4.69, 9.17) is 0 Å². The van der Waals surface area contributed by atoms with E-state index in [0.717, 1.165) is 6.07 Å². The number of nitrogens with one attached hydrogen (secondary N) is 3. The van der Waals surface area contributed by atoms with Gasteiger partial charge in [-0.25, -0.2) is 4.72 Å². The van der Waals surface area contributed by atoms with E-state index in [9.17, 15) is 21.6 Å². The Bertz CT molecular complexity index is 453. The summed E-state index contributed by atoms with van der Waals surface area (Å²) in [6.07, 6.45) is -4.55. The highest BCUT2D eigenvalue weighted by molar-refractivity contribution is 7.87. The molecule has 0 unspecified atom stereocenters. The number of hydrogen-bond acceptors (Lipinski definition) is 3. The lowest BCUT2D eigenvalue weighted by Gasteiger charge is -2.02. The zero-order valence-corrected chi connectivity index (χ0v) is 8.91. The normalized spacial score (nSPS) is 13.0. The molecule has 0 spiro atoms. The van der Waals surface area contributed by atoms with Gasteiger partial charge in [0.15, 0.2) is 5.69 Å². The molecule has 16 heavy (non-hydrogen) atoms. The summed E-state index contributed by atoms with van der Waals surface area (Å²) in [4.78, 5) is 0. The largest absolute Gasteiger partial charge is 0.435 e. The number of aromatic nitrogens is 2. The van der Waals surface area contributed by atoms with E-state index in [-0.39, 0.29) is 12.2 Å². The van der Waals surface area contributed by atoms with Gasteiger partial charge in [0, 0.05) is 7.05 Å². The van der Waals surface area contributed by atoms with Crippen LogP contribution in [0.3, 0.4) is 0 Å². The lowest BCUT2D eigenvalue weighted by Crippen LogP contribution is -2.33. The van der Waals surface area contributed by atoms with Crippen LogP contribution in [0.5, 0.6) is 0 Å². The fourth-order valence-electron chi connectivity index (χ4n) is 0.842. The molecule has 3 N–H and O–H groups in total. The molecule has 1 aromatic heterocycles. The van der Waals surface area contributed by atoms with E-state index >= 15 is 0 Å². The predicted molar refractivity (Wildman–Crippen MR) is 48.4 cm³/mol. The van der Waals surface area contributed by atoms with Crippen LogP contribution in [0, 0.1) is 0 Å². The first kappa shape index (κ1) is 12.9. The van der Waals surface area contributed by atoms with Crippen molar-refractivity contribution in [2.75, 3.05) is 7.05 Å². The number of alkyl halides is 3. The van der Waals surface area contributed by atoms with Gasteiger partial charge in [0.25, 0.3) is 10.2 Å². The van der Waals surface area contributed by atoms with Gasteiger partial charge in [-0.3, -0.25) is 5.10 Å². The minimum atomic E-state index is -4.55. The molecule has 1 aromatic rings. The molecular weight excluding hydrogens is 249 g/mol. The molecule has 0 aromatic carbocycles. The molecule has 6 nitrogen and oxygen atoms in total. The highest BCUT2D eigenvalue weighted by Gasteiger charge is 2.33. The number of nitrogens with zero attached hydrogens (tertiary/aromatic N) is 1. The third-order valence-corrected chi connectivity index (χ3v) is 2.70. The maximum absolute atomic E-state index is 12.1. The van der Waals surface area contributed by atoms with Crippen LogP contribution in [0.25, 0.3) is 0 Å². The zero-order chi connectivity index (χ0) is 12.4. The first-order chi connectivity index (χ1) is 7.24. The molecule has 0 aliphatic heterocycles. The SMILES string of the molecule is CNS(=O)(=O)NCc1cc(C(F)(F)F)n[nH]1. The second kappa shape index (κ2) is 4.39. The molecule has 1 rings (SSSR count). The van der Waals surface area contributed by atoms with Gasteiger partial charge in [-0.2, -0.15) is 31.4 Å². The molecule has 0 amide bonds. The summed E-state index contributed by atoms with van der Waals surface area (Å²) in [7, 11) is -2.50. The number of aromatic amines is 1. The Hall–Kier alpha value is -1.13. The van der Waals surface area contributed by atoms with Crippen molar-refractivity contribution in [3.05, 3.63) is 17.5 Å². The van der Waals surface area contributed by atoms with Crippen LogP contribution in [-0.4, -0.2) is 25.7 Å². The van der Waals surface area contributed by atoms with Crippen molar-refractivity contribution in [2.24, 2.45) is 0 Å². The fourth-order valence-corrected chi connectivity index (χ4v) is 1.33. The van der Waals surface area contributed by atoms with Crippen molar-refractivity contribution >= 4 is 10.2 Å². The first-order valence-electron chi connectivity index (χ1n) is 4.04. The van der Waals surface area contributed by atoms with Crippen LogP contribution in [0.2, 0.25) is 0 Å². The quantitative estimate of drug-likeness (QED) is 0.709. The van der Waals surface area contributed by atoms with Crippen LogP contribution in [0.4, 0.5) is 13.2 Å². The van der Waals surface area contributed by atoms with Crippen molar-refractivity contribution in [3.63, 3.8) is 0 Å². The van der Waals surface area contributed by atoms with Gasteiger partial charge in [-0.1, -0.05) is 0 Å². The smallest absolute Gasteiger partial charge is 0.281 e. The Labute approximate surface area is 89.4 Å². The zero-order valence-electron chi connectivity index (χ0n) is 8.09. The Balaban J connectivity index is 2.67. The molecule has 0 saturated heterocycles. The molecule has 10 heteroatoms. The summed E-state index contributed by atoms with van der Waals surface area (Å²) >= 11 is 0. The average molecular weight is 258 g/mol. The lowest BCUT2D eigenvalue weighted by molar-refractivity contribution is -0.141. The molecule has 0 aliphatic rings. The van der Waals surface area contributed by atoms with Gasteiger partial charge in [0.1, 0.15) is 0 Å². The Kier molecular flexibility index (Phi) is 3.55. The van der Waals surface area contributed by atoms with Gasteiger partial charge < -0.3 is 0 Å². The predicted octanol–water partition coefficient (Wildman–Crippen LogP) is -0.0177. The molecule has 1 heterocycles. The Morgan fingerprint density at radius 2 is 2.12 bits per heavy atom. The van der Waals surface area contributed by atoms with E-state index in [1.54, 1.807) is 0 Å². The van der Waals surface area contributed by atoms with E-state index in [0.29, 0.717) is 0 Å². The van der Waals surface area contributed by atoms with Crippen LogP contribution in [-0.2, 0) is 22.9 Å². The number of hydrogen-bond donors (Lipinski definition) is 3. The summed E-state index contributed by atoms with van der Waals surface area (Å²) in [5.74, 6) is 0. The molecule has 0 saturated carbocycles. The van der Waals surface area contributed by atoms with Crippen LogP contribution in [0.15, 0.2) is 6.07 Å². The standard InChI is InChI=1S/C6H9F3N4O2S/c1-10-16(14,15)11-3-4-2-5(13-12-4)6(7,8)9/h2,10-11H,3H2,1H3,(H,12,13). The van der Waals surface area contributed by atoms with Gasteiger partial charge >= 0.3 is 6.18 Å². The van der Waals surface area contributed by atoms with Crippen LogP contribution >= 0.6 is 0 Å². The monoisotopic (exact) mass is 258 g/mol. The van der Waals surface area contributed by atoms with E-state index in [2.05, 4.69) is 10.2 Å².